The number of fused-ring (bicyclic) bond motifs is 1. The lowest BCUT2D eigenvalue weighted by atomic mass is 9.79. The molecule has 1 amide bonds. The summed E-state index contributed by atoms with van der Waals surface area (Å²) in [6.07, 6.45) is -6.57. The molecule has 4 rings (SSSR count). The molecule has 0 saturated heterocycles. The number of hydrogen-bond donors (Lipinski definition) is 1. The van der Waals surface area contributed by atoms with Crippen LogP contribution in [0, 0.1) is 5.92 Å². The Morgan fingerprint density at radius 1 is 0.897 bits per heavy atom. The number of Topliss-reactive ketones (excluding diaryl/α,β-unsaturated/α-hetero) is 1. The number of ketones is 1. The molecular formula is C29H23F6NO3. The van der Waals surface area contributed by atoms with Gasteiger partial charge in [0.25, 0.3) is 0 Å². The number of rotatable bonds is 7. The first-order valence-electron chi connectivity index (χ1n) is 11.9. The van der Waals surface area contributed by atoms with E-state index in [0.29, 0.717) is 35.4 Å². The Hall–Kier alpha value is -4.08. The molecule has 1 atom stereocenters. The number of primary amides is 1. The van der Waals surface area contributed by atoms with Crippen LogP contribution in [0.2, 0.25) is 0 Å². The Kier molecular flexibility index (Phi) is 7.85. The van der Waals surface area contributed by atoms with Gasteiger partial charge in [-0.1, -0.05) is 24.3 Å². The summed E-state index contributed by atoms with van der Waals surface area (Å²) in [6.45, 7) is 0.242. The fourth-order valence-corrected chi connectivity index (χ4v) is 4.47. The topological polar surface area (TPSA) is 69.4 Å². The van der Waals surface area contributed by atoms with Gasteiger partial charge in [0, 0.05) is 17.6 Å². The predicted molar refractivity (Wildman–Crippen MR) is 132 cm³/mol. The molecule has 0 bridgehead atoms. The summed E-state index contributed by atoms with van der Waals surface area (Å²) in [7, 11) is 0. The van der Waals surface area contributed by atoms with Crippen molar-refractivity contribution in [2.45, 2.75) is 38.2 Å². The van der Waals surface area contributed by atoms with Gasteiger partial charge >= 0.3 is 12.4 Å². The standard InChI is InChI=1S/C29H23F6NO3/c30-28(31,32)22-12-19(13-23(15-22)29(33,34)35)11-21-7-6-20-14-24(8-9-25(20)27(21)38)39-16-18-3-1-17(2-4-18)5-10-26(36)37/h1-5,8-10,12-15,21H,6-7,11,16H2,(H2,36,37)/b10-5+. The first-order valence-corrected chi connectivity index (χ1v) is 11.9. The van der Waals surface area contributed by atoms with E-state index in [1.807, 2.05) is 12.1 Å². The number of amides is 1. The number of carbonyl (C=O) groups excluding carboxylic acids is 2. The quantitative estimate of drug-likeness (QED) is 0.262. The van der Waals surface area contributed by atoms with Crippen LogP contribution in [0.5, 0.6) is 5.75 Å². The normalized spacial score (nSPS) is 15.8. The molecule has 3 aromatic rings. The van der Waals surface area contributed by atoms with Crippen LogP contribution < -0.4 is 10.5 Å². The lowest BCUT2D eigenvalue weighted by Gasteiger charge is -2.24. The van der Waals surface area contributed by atoms with E-state index in [-0.39, 0.29) is 36.9 Å². The highest BCUT2D eigenvalue weighted by molar-refractivity contribution is 6.00. The Balaban J connectivity index is 1.44. The highest BCUT2D eigenvalue weighted by atomic mass is 19.4. The van der Waals surface area contributed by atoms with Crippen LogP contribution >= 0.6 is 0 Å². The Bertz CT molecular complexity index is 1380. The largest absolute Gasteiger partial charge is 0.489 e. The number of nitrogens with two attached hydrogens (primary N) is 1. The number of carbonyl (C=O) groups is 2. The summed E-state index contributed by atoms with van der Waals surface area (Å²) in [4.78, 5) is 23.9. The third kappa shape index (κ3) is 7.07. The van der Waals surface area contributed by atoms with E-state index in [2.05, 4.69) is 0 Å². The summed E-state index contributed by atoms with van der Waals surface area (Å²) >= 11 is 0. The maximum atomic E-state index is 13.2. The minimum absolute atomic E-state index is 0.0818. The molecule has 1 aliphatic carbocycles. The summed E-state index contributed by atoms with van der Waals surface area (Å²) in [6, 6.07) is 13.6. The molecule has 39 heavy (non-hydrogen) atoms. The van der Waals surface area contributed by atoms with Gasteiger partial charge < -0.3 is 10.5 Å². The molecule has 1 unspecified atom stereocenters. The minimum Gasteiger partial charge on any atom is -0.489 e. The van der Waals surface area contributed by atoms with Crippen molar-refractivity contribution in [3.63, 3.8) is 0 Å². The van der Waals surface area contributed by atoms with Crippen LogP contribution in [0.25, 0.3) is 6.08 Å². The second kappa shape index (κ2) is 11.0. The van der Waals surface area contributed by atoms with Crippen LogP contribution in [0.4, 0.5) is 26.3 Å². The minimum atomic E-state index is -4.94. The average Bonchev–Trinajstić information content (AvgIpc) is 2.87. The molecule has 1 aliphatic rings. The fraction of sp³-hybridized carbons (Fsp3) is 0.241. The first kappa shape index (κ1) is 27.9. The Morgan fingerprint density at radius 2 is 1.54 bits per heavy atom. The van der Waals surface area contributed by atoms with Crippen molar-refractivity contribution in [3.05, 3.63) is 106 Å². The maximum absolute atomic E-state index is 13.2. The van der Waals surface area contributed by atoms with E-state index >= 15 is 0 Å². The van der Waals surface area contributed by atoms with Gasteiger partial charge in [0.05, 0.1) is 11.1 Å². The van der Waals surface area contributed by atoms with Gasteiger partial charge in [-0.2, -0.15) is 26.3 Å². The molecule has 0 spiro atoms. The van der Waals surface area contributed by atoms with E-state index in [1.165, 1.54) is 6.08 Å². The Morgan fingerprint density at radius 3 is 2.13 bits per heavy atom. The molecule has 0 radical (unpaired) electrons. The first-order chi connectivity index (χ1) is 18.3. The van der Waals surface area contributed by atoms with E-state index < -0.39 is 35.3 Å². The van der Waals surface area contributed by atoms with Crippen molar-refractivity contribution < 1.29 is 40.7 Å². The molecule has 0 heterocycles. The van der Waals surface area contributed by atoms with Gasteiger partial charge in [-0.3, -0.25) is 9.59 Å². The summed E-state index contributed by atoms with van der Waals surface area (Å²) in [5.74, 6) is -1.10. The zero-order valence-corrected chi connectivity index (χ0v) is 20.4. The highest BCUT2D eigenvalue weighted by Crippen LogP contribution is 2.38. The van der Waals surface area contributed by atoms with Gasteiger partial charge in [-0.25, -0.2) is 0 Å². The number of hydrogen-bond acceptors (Lipinski definition) is 3. The number of aryl methyl sites for hydroxylation is 1. The SMILES string of the molecule is NC(=O)/C=C/c1ccc(COc2ccc3c(c2)CCC(Cc2cc(C(F)(F)F)cc(C(F)(F)F)c2)C3=O)cc1. The molecule has 0 fully saturated rings. The zero-order valence-electron chi connectivity index (χ0n) is 20.4. The lowest BCUT2D eigenvalue weighted by molar-refractivity contribution is -0.143. The van der Waals surface area contributed by atoms with Crippen LogP contribution in [0.1, 0.15) is 50.2 Å². The second-order valence-corrected chi connectivity index (χ2v) is 9.30. The molecule has 3 aromatic carbocycles. The number of halogens is 6. The maximum Gasteiger partial charge on any atom is 0.416 e. The molecule has 10 heteroatoms. The lowest BCUT2D eigenvalue weighted by Crippen LogP contribution is -2.25. The van der Waals surface area contributed by atoms with Crippen molar-refractivity contribution in [2.24, 2.45) is 11.7 Å². The van der Waals surface area contributed by atoms with Crippen molar-refractivity contribution in [3.8, 4) is 5.75 Å². The third-order valence-electron chi connectivity index (χ3n) is 6.43. The Labute approximate surface area is 220 Å². The summed E-state index contributed by atoms with van der Waals surface area (Å²) in [5.41, 5.74) is 4.85. The van der Waals surface area contributed by atoms with Crippen molar-refractivity contribution in [2.75, 3.05) is 0 Å². The number of alkyl halides is 6. The average molecular weight is 547 g/mol. The fourth-order valence-electron chi connectivity index (χ4n) is 4.47. The molecule has 4 nitrogen and oxygen atoms in total. The van der Waals surface area contributed by atoms with Gasteiger partial charge in [-0.05, 0) is 84.0 Å². The molecular weight excluding hydrogens is 524 g/mol. The molecule has 2 N–H and O–H groups in total. The van der Waals surface area contributed by atoms with E-state index in [1.54, 1.807) is 36.4 Å². The van der Waals surface area contributed by atoms with Crippen molar-refractivity contribution >= 4 is 17.8 Å². The van der Waals surface area contributed by atoms with Crippen LogP contribution in [0.15, 0.2) is 66.7 Å². The predicted octanol–water partition coefficient (Wildman–Crippen LogP) is 6.79. The van der Waals surface area contributed by atoms with Gasteiger partial charge in [0.15, 0.2) is 5.78 Å². The molecule has 0 aliphatic heterocycles. The number of benzene rings is 3. The summed E-state index contributed by atoms with van der Waals surface area (Å²) < 4.78 is 85.1. The van der Waals surface area contributed by atoms with Gasteiger partial charge in [0.1, 0.15) is 12.4 Å². The second-order valence-electron chi connectivity index (χ2n) is 9.30. The van der Waals surface area contributed by atoms with Crippen molar-refractivity contribution in [1.29, 1.82) is 0 Å². The molecule has 0 aromatic heterocycles. The van der Waals surface area contributed by atoms with E-state index in [9.17, 15) is 35.9 Å². The van der Waals surface area contributed by atoms with Crippen LogP contribution in [0.3, 0.4) is 0 Å². The third-order valence-corrected chi connectivity index (χ3v) is 6.43. The number of ether oxygens (including phenoxy) is 1. The molecule has 204 valence electrons. The van der Waals surface area contributed by atoms with Crippen molar-refractivity contribution in [1.82, 2.24) is 0 Å². The highest BCUT2D eigenvalue weighted by Gasteiger charge is 2.37. The van der Waals surface area contributed by atoms with E-state index in [4.69, 9.17) is 10.5 Å². The van der Waals surface area contributed by atoms with E-state index in [0.717, 1.165) is 11.1 Å². The van der Waals surface area contributed by atoms with Crippen LogP contribution in [-0.4, -0.2) is 11.7 Å². The van der Waals surface area contributed by atoms with Gasteiger partial charge in [0.2, 0.25) is 5.91 Å². The smallest absolute Gasteiger partial charge is 0.416 e. The van der Waals surface area contributed by atoms with Gasteiger partial charge in [-0.15, -0.1) is 0 Å². The molecule has 0 saturated carbocycles. The summed E-state index contributed by atoms with van der Waals surface area (Å²) in [5, 5.41) is 0. The monoisotopic (exact) mass is 547 g/mol. The van der Waals surface area contributed by atoms with Crippen LogP contribution in [-0.2, 0) is 36.6 Å². The zero-order chi connectivity index (χ0) is 28.4.